The van der Waals surface area contributed by atoms with Gasteiger partial charge in [0.1, 0.15) is 4.90 Å². The van der Waals surface area contributed by atoms with Crippen LogP contribution in [-0.4, -0.2) is 67.1 Å². The van der Waals surface area contributed by atoms with Crippen molar-refractivity contribution in [2.24, 2.45) is 0 Å². The van der Waals surface area contributed by atoms with Crippen LogP contribution in [0.1, 0.15) is 6.42 Å². The number of fused-ring (bicyclic) bond motifs is 1. The smallest absolute Gasteiger partial charge is 0.242 e. The molecule has 2 atom stereocenters. The van der Waals surface area contributed by atoms with Crippen molar-refractivity contribution in [1.82, 2.24) is 40.9 Å². The zero-order valence-electron chi connectivity index (χ0n) is 16.4. The van der Waals surface area contributed by atoms with Crippen molar-refractivity contribution in [3.63, 3.8) is 0 Å². The molecule has 0 amide bonds. The number of hydrogen-bond donors (Lipinski definition) is 5. The van der Waals surface area contributed by atoms with Crippen molar-refractivity contribution in [3.8, 4) is 22.5 Å². The first kappa shape index (κ1) is 20.8. The number of tetrazole rings is 1. The first-order valence-electron chi connectivity index (χ1n) is 9.63. The van der Waals surface area contributed by atoms with Crippen LogP contribution in [0, 0.1) is 0 Å². The first-order valence-corrected chi connectivity index (χ1v) is 12.2. The molecule has 5 rings (SSSR count). The maximum absolute atomic E-state index is 13.2. The number of sulfonamides is 1. The number of H-pyrrole nitrogens is 2. The molecular formula is C18H18N8O4S2. The number of rotatable bonds is 6. The molecule has 12 nitrogen and oxygen atoms in total. The SMILES string of the molecule is O=S(O)c1c(S(=O)(=O)N[C@@H]2CCNC2)ccc(-c2cccc3cn[nH]c23)c1-c1nn[nH]n1. The van der Waals surface area contributed by atoms with Gasteiger partial charge in [-0.15, -0.1) is 10.2 Å². The Balaban J connectivity index is 1.78. The fourth-order valence-corrected chi connectivity index (χ4v) is 6.41. The molecule has 32 heavy (non-hydrogen) atoms. The normalized spacial score (nSPS) is 17.7. The van der Waals surface area contributed by atoms with E-state index in [1.165, 1.54) is 6.07 Å². The molecule has 1 fully saturated rings. The van der Waals surface area contributed by atoms with Crippen molar-refractivity contribution in [1.29, 1.82) is 0 Å². The molecule has 4 aromatic rings. The summed E-state index contributed by atoms with van der Waals surface area (Å²) in [4.78, 5) is -0.635. The van der Waals surface area contributed by atoms with E-state index in [4.69, 9.17) is 0 Å². The summed E-state index contributed by atoms with van der Waals surface area (Å²) in [6.45, 7) is 1.17. The second kappa shape index (κ2) is 8.14. The van der Waals surface area contributed by atoms with Gasteiger partial charge < -0.3 is 9.87 Å². The molecule has 0 saturated carbocycles. The summed E-state index contributed by atoms with van der Waals surface area (Å²) in [5.41, 5.74) is 1.87. The van der Waals surface area contributed by atoms with Gasteiger partial charge in [-0.1, -0.05) is 24.3 Å². The third-order valence-electron chi connectivity index (χ3n) is 5.30. The molecule has 1 saturated heterocycles. The Kier molecular flexibility index (Phi) is 5.30. The van der Waals surface area contributed by atoms with Crippen LogP contribution in [0.5, 0.6) is 0 Å². The highest BCUT2D eigenvalue weighted by molar-refractivity contribution is 7.90. The van der Waals surface area contributed by atoms with E-state index in [9.17, 15) is 17.2 Å². The molecule has 166 valence electrons. The van der Waals surface area contributed by atoms with Crippen molar-refractivity contribution in [3.05, 3.63) is 36.5 Å². The Morgan fingerprint density at radius 3 is 2.78 bits per heavy atom. The van der Waals surface area contributed by atoms with Crippen LogP contribution in [0.15, 0.2) is 46.3 Å². The van der Waals surface area contributed by atoms with Gasteiger partial charge in [-0.2, -0.15) is 10.3 Å². The number of para-hydroxylation sites is 1. The molecule has 3 heterocycles. The number of nitrogens with one attached hydrogen (secondary N) is 4. The van der Waals surface area contributed by atoms with Gasteiger partial charge in [0.05, 0.1) is 22.2 Å². The molecule has 1 aliphatic heterocycles. The predicted octanol–water partition coefficient (Wildman–Crippen LogP) is 0.631. The summed E-state index contributed by atoms with van der Waals surface area (Å²) in [5.74, 6) is -0.00602. The van der Waals surface area contributed by atoms with Crippen molar-refractivity contribution >= 4 is 32.0 Å². The largest absolute Gasteiger partial charge is 0.315 e. The predicted molar refractivity (Wildman–Crippen MR) is 115 cm³/mol. The lowest BCUT2D eigenvalue weighted by molar-refractivity contribution is 0.548. The average Bonchev–Trinajstić information content (AvgIpc) is 3.54. The first-order chi connectivity index (χ1) is 15.5. The molecule has 2 aromatic carbocycles. The Hall–Kier alpha value is -3.04. The van der Waals surface area contributed by atoms with Gasteiger partial charge in [-0.3, -0.25) is 5.10 Å². The van der Waals surface area contributed by atoms with Gasteiger partial charge in [-0.05, 0) is 29.8 Å². The molecular weight excluding hydrogens is 456 g/mol. The standard InChI is InChI=1S/C18H18N8O4S2/c27-31(28)17-14(32(29,30)24-11-6-7-19-9-11)5-4-12(15(17)18-22-25-26-23-18)13-3-1-2-10-8-20-21-16(10)13/h1-5,8,11,19,24H,6-7,9H2,(H,20,21)(H,27,28)(H,22,23,25,26)/t11-/m1/s1. The van der Waals surface area contributed by atoms with Crippen molar-refractivity contribution < 1.29 is 17.2 Å². The highest BCUT2D eigenvalue weighted by Crippen LogP contribution is 2.40. The van der Waals surface area contributed by atoms with Crippen LogP contribution in [0.25, 0.3) is 33.4 Å². The summed E-state index contributed by atoms with van der Waals surface area (Å²) in [6, 6.07) is 8.04. The monoisotopic (exact) mass is 474 g/mol. The zero-order valence-corrected chi connectivity index (χ0v) is 18.1. The summed E-state index contributed by atoms with van der Waals surface area (Å²) in [6.07, 6.45) is 2.27. The zero-order chi connectivity index (χ0) is 22.3. The highest BCUT2D eigenvalue weighted by atomic mass is 32.2. The molecule has 5 N–H and O–H groups in total. The lowest BCUT2D eigenvalue weighted by atomic mass is 9.97. The fourth-order valence-electron chi connectivity index (χ4n) is 3.89. The van der Waals surface area contributed by atoms with E-state index in [1.807, 2.05) is 12.1 Å². The van der Waals surface area contributed by atoms with Gasteiger partial charge in [-0.25, -0.2) is 17.3 Å². The summed E-state index contributed by atoms with van der Waals surface area (Å²) in [7, 11) is -4.11. The molecule has 0 spiro atoms. The summed E-state index contributed by atoms with van der Waals surface area (Å²) in [5, 5.41) is 24.7. The average molecular weight is 475 g/mol. The van der Waals surface area contributed by atoms with Crippen LogP contribution >= 0.6 is 0 Å². The van der Waals surface area contributed by atoms with Crippen LogP contribution in [0.3, 0.4) is 0 Å². The minimum atomic E-state index is -4.11. The Morgan fingerprint density at radius 2 is 2.06 bits per heavy atom. The van der Waals surface area contributed by atoms with Crippen LogP contribution in [0.4, 0.5) is 0 Å². The number of benzene rings is 2. The highest BCUT2D eigenvalue weighted by Gasteiger charge is 2.31. The second-order valence-electron chi connectivity index (χ2n) is 7.25. The van der Waals surface area contributed by atoms with Crippen LogP contribution < -0.4 is 10.0 Å². The minimum Gasteiger partial charge on any atom is -0.315 e. The number of hydrogen-bond acceptors (Lipinski definition) is 8. The van der Waals surface area contributed by atoms with Gasteiger partial charge in [0.25, 0.3) is 0 Å². The summed E-state index contributed by atoms with van der Waals surface area (Å²) < 4.78 is 51.7. The topological polar surface area (TPSA) is 179 Å². The fraction of sp³-hybridized carbons (Fsp3) is 0.222. The molecule has 0 bridgehead atoms. The van der Waals surface area contributed by atoms with Crippen LogP contribution in [-0.2, 0) is 21.1 Å². The lowest BCUT2D eigenvalue weighted by Gasteiger charge is -2.17. The third-order valence-corrected chi connectivity index (χ3v) is 7.77. The van der Waals surface area contributed by atoms with E-state index in [-0.39, 0.29) is 27.2 Å². The van der Waals surface area contributed by atoms with Gasteiger partial charge in [0, 0.05) is 23.5 Å². The molecule has 0 radical (unpaired) electrons. The number of aromatic nitrogens is 6. The van der Waals surface area contributed by atoms with Crippen molar-refractivity contribution in [2.75, 3.05) is 13.1 Å². The van der Waals surface area contributed by atoms with Crippen molar-refractivity contribution in [2.45, 2.75) is 22.3 Å². The van der Waals surface area contributed by atoms with Gasteiger partial charge in [0.2, 0.25) is 15.8 Å². The van der Waals surface area contributed by atoms with E-state index in [0.717, 1.165) is 5.39 Å². The van der Waals surface area contributed by atoms with E-state index in [2.05, 4.69) is 40.9 Å². The van der Waals surface area contributed by atoms with Gasteiger partial charge >= 0.3 is 0 Å². The Labute approximate surface area is 184 Å². The summed E-state index contributed by atoms with van der Waals surface area (Å²) >= 11 is -2.68. The molecule has 1 unspecified atom stereocenters. The molecule has 1 aliphatic rings. The van der Waals surface area contributed by atoms with E-state index in [1.54, 1.807) is 18.3 Å². The Morgan fingerprint density at radius 1 is 1.19 bits per heavy atom. The van der Waals surface area contributed by atoms with E-state index in [0.29, 0.717) is 36.2 Å². The second-order valence-corrected chi connectivity index (χ2v) is 9.84. The number of aromatic amines is 2. The van der Waals surface area contributed by atoms with E-state index >= 15 is 0 Å². The lowest BCUT2D eigenvalue weighted by Crippen LogP contribution is -2.36. The van der Waals surface area contributed by atoms with Gasteiger partial charge in [0.15, 0.2) is 11.1 Å². The maximum atomic E-state index is 13.2. The quantitative estimate of drug-likeness (QED) is 0.251. The molecule has 14 heteroatoms. The van der Waals surface area contributed by atoms with E-state index < -0.39 is 21.1 Å². The minimum absolute atomic E-state index is 0.00602. The third kappa shape index (κ3) is 3.61. The maximum Gasteiger partial charge on any atom is 0.242 e. The molecule has 2 aromatic heterocycles. The Bertz CT molecular complexity index is 1410. The number of nitrogens with zero attached hydrogens (tertiary/aromatic N) is 4. The molecule has 0 aliphatic carbocycles. The van der Waals surface area contributed by atoms with Crippen LogP contribution in [0.2, 0.25) is 0 Å².